The van der Waals surface area contributed by atoms with Gasteiger partial charge in [0.05, 0.1) is 18.7 Å². The Hall–Kier alpha value is -2.96. The SMILES string of the molecule is Cc1cccc(Cn2nc(C)cc2NC(=O)Cc2nonc2C)c1. The molecular weight excluding hydrogens is 306 g/mol. The average molecular weight is 325 g/mol. The Labute approximate surface area is 139 Å². The van der Waals surface area contributed by atoms with E-state index in [9.17, 15) is 4.79 Å². The summed E-state index contributed by atoms with van der Waals surface area (Å²) in [6.07, 6.45) is 0.115. The quantitative estimate of drug-likeness (QED) is 0.778. The largest absolute Gasteiger partial charge is 0.311 e. The predicted octanol–water partition coefficient (Wildman–Crippen LogP) is 2.42. The van der Waals surface area contributed by atoms with Crippen LogP contribution in [-0.4, -0.2) is 26.0 Å². The Balaban J connectivity index is 1.74. The summed E-state index contributed by atoms with van der Waals surface area (Å²) in [6, 6.07) is 10.1. The van der Waals surface area contributed by atoms with E-state index in [1.807, 2.05) is 25.1 Å². The van der Waals surface area contributed by atoms with Crippen molar-refractivity contribution in [3.63, 3.8) is 0 Å². The zero-order valence-corrected chi connectivity index (χ0v) is 13.9. The van der Waals surface area contributed by atoms with E-state index in [2.05, 4.69) is 44.4 Å². The van der Waals surface area contributed by atoms with E-state index in [1.165, 1.54) is 5.56 Å². The van der Waals surface area contributed by atoms with Gasteiger partial charge in [-0.25, -0.2) is 9.31 Å². The second-order valence-corrected chi connectivity index (χ2v) is 5.84. The van der Waals surface area contributed by atoms with Crippen molar-refractivity contribution < 1.29 is 9.42 Å². The number of rotatable bonds is 5. The van der Waals surface area contributed by atoms with E-state index < -0.39 is 0 Å². The number of aryl methyl sites for hydroxylation is 3. The summed E-state index contributed by atoms with van der Waals surface area (Å²) in [5.41, 5.74) is 4.32. The molecule has 124 valence electrons. The molecule has 7 heteroatoms. The monoisotopic (exact) mass is 325 g/mol. The van der Waals surface area contributed by atoms with E-state index in [-0.39, 0.29) is 12.3 Å². The third-order valence-electron chi connectivity index (χ3n) is 3.66. The lowest BCUT2D eigenvalue weighted by atomic mass is 10.1. The first-order chi connectivity index (χ1) is 11.5. The van der Waals surface area contributed by atoms with Crippen LogP contribution in [0.4, 0.5) is 5.82 Å². The topological polar surface area (TPSA) is 85.8 Å². The highest BCUT2D eigenvalue weighted by atomic mass is 16.6. The number of carbonyl (C=O) groups excluding carboxylic acids is 1. The summed E-state index contributed by atoms with van der Waals surface area (Å²) in [6.45, 7) is 6.30. The summed E-state index contributed by atoms with van der Waals surface area (Å²) in [4.78, 5) is 12.2. The van der Waals surface area contributed by atoms with Crippen LogP contribution < -0.4 is 5.32 Å². The Kier molecular flexibility index (Phi) is 4.41. The molecule has 0 unspecified atom stereocenters. The van der Waals surface area contributed by atoms with Crippen LogP contribution in [0.25, 0.3) is 0 Å². The molecule has 2 heterocycles. The third kappa shape index (κ3) is 3.68. The van der Waals surface area contributed by atoms with Crippen LogP contribution in [0.5, 0.6) is 0 Å². The predicted molar refractivity (Wildman–Crippen MR) is 88.6 cm³/mol. The molecule has 0 aliphatic rings. The van der Waals surface area contributed by atoms with Crippen LogP contribution in [0.3, 0.4) is 0 Å². The molecule has 3 rings (SSSR count). The molecular formula is C17H19N5O2. The van der Waals surface area contributed by atoms with Crippen LogP contribution in [0.2, 0.25) is 0 Å². The number of anilines is 1. The van der Waals surface area contributed by atoms with Gasteiger partial charge in [-0.2, -0.15) is 5.10 Å². The summed E-state index contributed by atoms with van der Waals surface area (Å²) in [7, 11) is 0. The summed E-state index contributed by atoms with van der Waals surface area (Å²) >= 11 is 0. The number of hydrogen-bond donors (Lipinski definition) is 1. The van der Waals surface area contributed by atoms with Crippen molar-refractivity contribution >= 4 is 11.7 Å². The zero-order valence-electron chi connectivity index (χ0n) is 13.9. The Morgan fingerprint density at radius 1 is 1.21 bits per heavy atom. The minimum absolute atomic E-state index is 0.115. The van der Waals surface area contributed by atoms with Crippen molar-refractivity contribution in [3.8, 4) is 0 Å². The fourth-order valence-corrected chi connectivity index (χ4v) is 2.50. The molecule has 0 saturated heterocycles. The van der Waals surface area contributed by atoms with Crippen molar-refractivity contribution in [2.45, 2.75) is 33.7 Å². The molecule has 0 bridgehead atoms. The maximum Gasteiger partial charge on any atom is 0.231 e. The van der Waals surface area contributed by atoms with Crippen molar-refractivity contribution in [3.05, 3.63) is 58.5 Å². The Morgan fingerprint density at radius 3 is 2.75 bits per heavy atom. The number of benzene rings is 1. The highest BCUT2D eigenvalue weighted by molar-refractivity contribution is 5.91. The van der Waals surface area contributed by atoms with Gasteiger partial charge < -0.3 is 5.32 Å². The minimum Gasteiger partial charge on any atom is -0.311 e. The van der Waals surface area contributed by atoms with E-state index >= 15 is 0 Å². The summed E-state index contributed by atoms with van der Waals surface area (Å²) in [5.74, 6) is 0.479. The fraction of sp³-hybridized carbons (Fsp3) is 0.294. The third-order valence-corrected chi connectivity index (χ3v) is 3.66. The normalized spacial score (nSPS) is 10.8. The average Bonchev–Trinajstić information content (AvgIpc) is 3.05. The number of nitrogens with one attached hydrogen (secondary N) is 1. The molecule has 1 amide bonds. The van der Waals surface area contributed by atoms with Crippen molar-refractivity contribution in [2.24, 2.45) is 0 Å². The molecule has 1 aromatic carbocycles. The summed E-state index contributed by atoms with van der Waals surface area (Å²) < 4.78 is 6.40. The molecule has 0 spiro atoms. The molecule has 0 radical (unpaired) electrons. The van der Waals surface area contributed by atoms with Gasteiger partial charge in [0.15, 0.2) is 0 Å². The van der Waals surface area contributed by atoms with E-state index in [0.717, 1.165) is 11.3 Å². The number of nitrogens with zero attached hydrogens (tertiary/aromatic N) is 4. The van der Waals surface area contributed by atoms with Crippen LogP contribution in [0.1, 0.15) is 28.2 Å². The molecule has 0 fully saturated rings. The number of aromatic nitrogens is 4. The van der Waals surface area contributed by atoms with Crippen molar-refractivity contribution in [2.75, 3.05) is 5.32 Å². The smallest absolute Gasteiger partial charge is 0.231 e. The lowest BCUT2D eigenvalue weighted by Crippen LogP contribution is -2.18. The van der Waals surface area contributed by atoms with E-state index in [0.29, 0.717) is 23.8 Å². The van der Waals surface area contributed by atoms with Crippen molar-refractivity contribution in [1.82, 2.24) is 20.1 Å². The number of amides is 1. The second kappa shape index (κ2) is 6.66. The number of hydrogen-bond acceptors (Lipinski definition) is 5. The van der Waals surface area contributed by atoms with Gasteiger partial charge in [-0.05, 0) is 26.3 Å². The molecule has 0 saturated carbocycles. The molecule has 24 heavy (non-hydrogen) atoms. The summed E-state index contributed by atoms with van der Waals surface area (Å²) in [5, 5.41) is 14.8. The first-order valence-corrected chi connectivity index (χ1v) is 7.69. The molecule has 1 N–H and O–H groups in total. The first kappa shape index (κ1) is 15.9. The fourth-order valence-electron chi connectivity index (χ4n) is 2.50. The maximum atomic E-state index is 12.2. The maximum absolute atomic E-state index is 12.2. The molecule has 0 aliphatic carbocycles. The van der Waals surface area contributed by atoms with E-state index in [1.54, 1.807) is 11.6 Å². The lowest BCUT2D eigenvalue weighted by molar-refractivity contribution is -0.115. The minimum atomic E-state index is -0.181. The van der Waals surface area contributed by atoms with Gasteiger partial charge in [0, 0.05) is 6.07 Å². The molecule has 2 aromatic heterocycles. The molecule has 3 aromatic rings. The van der Waals surface area contributed by atoms with Gasteiger partial charge in [0.1, 0.15) is 17.2 Å². The standard InChI is InChI=1S/C17H19N5O2/c1-11-5-4-6-14(7-11)10-22-16(8-12(2)19-22)18-17(23)9-15-13(3)20-24-21-15/h4-8H,9-10H2,1-3H3,(H,18,23). The van der Waals surface area contributed by atoms with E-state index in [4.69, 9.17) is 0 Å². The molecule has 7 nitrogen and oxygen atoms in total. The van der Waals surface area contributed by atoms with Gasteiger partial charge in [0.25, 0.3) is 0 Å². The van der Waals surface area contributed by atoms with Crippen LogP contribution in [0.15, 0.2) is 35.0 Å². The Morgan fingerprint density at radius 2 is 2.04 bits per heavy atom. The molecule has 0 aliphatic heterocycles. The Bertz CT molecular complexity index is 866. The van der Waals surface area contributed by atoms with Gasteiger partial charge >= 0.3 is 0 Å². The van der Waals surface area contributed by atoms with Gasteiger partial charge in [-0.3, -0.25) is 4.79 Å². The second-order valence-electron chi connectivity index (χ2n) is 5.84. The zero-order chi connectivity index (χ0) is 17.1. The van der Waals surface area contributed by atoms with Crippen LogP contribution in [0, 0.1) is 20.8 Å². The van der Waals surface area contributed by atoms with Gasteiger partial charge in [-0.15, -0.1) is 0 Å². The lowest BCUT2D eigenvalue weighted by Gasteiger charge is -2.09. The highest BCUT2D eigenvalue weighted by Gasteiger charge is 2.14. The van der Waals surface area contributed by atoms with Crippen LogP contribution >= 0.6 is 0 Å². The number of carbonyl (C=O) groups is 1. The van der Waals surface area contributed by atoms with Crippen LogP contribution in [-0.2, 0) is 17.8 Å². The van der Waals surface area contributed by atoms with Crippen molar-refractivity contribution in [1.29, 1.82) is 0 Å². The van der Waals surface area contributed by atoms with Gasteiger partial charge in [-0.1, -0.05) is 40.1 Å². The molecule has 0 atom stereocenters. The highest BCUT2D eigenvalue weighted by Crippen LogP contribution is 2.14. The first-order valence-electron chi connectivity index (χ1n) is 7.69. The van der Waals surface area contributed by atoms with Gasteiger partial charge in [0.2, 0.25) is 5.91 Å².